The van der Waals surface area contributed by atoms with Crippen molar-refractivity contribution >= 4 is 16.4 Å². The Labute approximate surface area is 81.0 Å². The van der Waals surface area contributed by atoms with Crippen LogP contribution in [0.1, 0.15) is 5.56 Å². The molecule has 0 unspecified atom stereocenters. The third-order valence-electron chi connectivity index (χ3n) is 3.09. The molecule has 0 saturated carbocycles. The van der Waals surface area contributed by atoms with Crippen LogP contribution in [0.2, 0.25) is 0 Å². The quantitative estimate of drug-likeness (QED) is 0.365. The lowest BCUT2D eigenvalue weighted by Crippen LogP contribution is -2.28. The maximum Gasteiger partial charge on any atom is 0.294 e. The van der Waals surface area contributed by atoms with E-state index >= 15 is 0 Å². The SMILES string of the molecule is c1cc2c3c(c1)ccn1cc[n+](c31)C2. The Morgan fingerprint density at radius 3 is 3.14 bits per heavy atom. The summed E-state index contributed by atoms with van der Waals surface area (Å²) in [5.74, 6) is 0. The van der Waals surface area contributed by atoms with Crippen LogP contribution in [0.3, 0.4) is 0 Å². The average molecular weight is 181 g/mol. The van der Waals surface area contributed by atoms with Crippen molar-refractivity contribution in [1.29, 1.82) is 0 Å². The minimum atomic E-state index is 1.02. The van der Waals surface area contributed by atoms with Gasteiger partial charge in [0.25, 0.3) is 5.65 Å². The zero-order valence-electron chi connectivity index (χ0n) is 7.64. The fourth-order valence-electron chi connectivity index (χ4n) is 2.47. The van der Waals surface area contributed by atoms with Crippen molar-refractivity contribution in [2.24, 2.45) is 0 Å². The smallest absolute Gasteiger partial charge is 0.225 e. The molecule has 3 heterocycles. The summed E-state index contributed by atoms with van der Waals surface area (Å²) in [7, 11) is 0. The van der Waals surface area contributed by atoms with Crippen molar-refractivity contribution in [2.75, 3.05) is 0 Å². The van der Waals surface area contributed by atoms with E-state index in [1.807, 2.05) is 0 Å². The molecule has 14 heavy (non-hydrogen) atoms. The van der Waals surface area contributed by atoms with Gasteiger partial charge in [0, 0.05) is 5.56 Å². The highest BCUT2D eigenvalue weighted by Crippen LogP contribution is 2.26. The fourth-order valence-corrected chi connectivity index (χ4v) is 2.47. The molecule has 1 aromatic carbocycles. The highest BCUT2D eigenvalue weighted by molar-refractivity contribution is 5.96. The van der Waals surface area contributed by atoms with Gasteiger partial charge in [0.15, 0.2) is 0 Å². The maximum atomic E-state index is 2.30. The van der Waals surface area contributed by atoms with E-state index in [9.17, 15) is 0 Å². The first-order valence-corrected chi connectivity index (χ1v) is 4.84. The van der Waals surface area contributed by atoms with Crippen LogP contribution in [0.4, 0.5) is 0 Å². The van der Waals surface area contributed by atoms with E-state index in [-0.39, 0.29) is 0 Å². The standard InChI is InChI=1S/C12H9N2/c1-2-9-4-5-13-6-7-14-8-10(3-1)11(9)12(13)14/h1-7H,8H2/q+1. The fraction of sp³-hybridized carbons (Fsp3) is 0.0833. The van der Waals surface area contributed by atoms with Crippen LogP contribution in [0.25, 0.3) is 16.4 Å². The molecule has 0 amide bonds. The molecule has 2 nitrogen and oxygen atoms in total. The van der Waals surface area contributed by atoms with Gasteiger partial charge >= 0.3 is 0 Å². The van der Waals surface area contributed by atoms with Gasteiger partial charge in [0.1, 0.15) is 18.9 Å². The molecule has 1 aliphatic rings. The molecular weight excluding hydrogens is 172 g/mol. The Morgan fingerprint density at radius 2 is 2.14 bits per heavy atom. The first-order valence-electron chi connectivity index (χ1n) is 4.84. The van der Waals surface area contributed by atoms with Gasteiger partial charge in [-0.1, -0.05) is 18.2 Å². The van der Waals surface area contributed by atoms with Crippen LogP contribution < -0.4 is 4.57 Å². The van der Waals surface area contributed by atoms with Crippen LogP contribution in [-0.4, -0.2) is 4.40 Å². The summed E-state index contributed by atoms with van der Waals surface area (Å²) in [4.78, 5) is 0. The molecular formula is C12H9N2+. The number of rotatable bonds is 0. The second kappa shape index (κ2) is 1.98. The number of pyridine rings is 1. The number of nitrogens with zero attached hydrogens (tertiary/aromatic N) is 2. The first-order chi connectivity index (χ1) is 6.93. The van der Waals surface area contributed by atoms with Gasteiger partial charge in [0.05, 0.1) is 11.6 Å². The van der Waals surface area contributed by atoms with E-state index in [2.05, 4.69) is 51.8 Å². The molecule has 0 N–H and O–H groups in total. The Hall–Kier alpha value is -1.83. The van der Waals surface area contributed by atoms with Gasteiger partial charge in [-0.25, -0.2) is 8.97 Å². The van der Waals surface area contributed by atoms with Crippen molar-refractivity contribution < 1.29 is 4.57 Å². The van der Waals surface area contributed by atoms with E-state index in [0.717, 1.165) is 6.54 Å². The summed E-state index contributed by atoms with van der Waals surface area (Å²) >= 11 is 0. The molecule has 0 spiro atoms. The van der Waals surface area contributed by atoms with Gasteiger partial charge < -0.3 is 0 Å². The molecule has 0 saturated heterocycles. The van der Waals surface area contributed by atoms with E-state index < -0.39 is 0 Å². The van der Waals surface area contributed by atoms with Gasteiger partial charge in [-0.05, 0) is 11.5 Å². The summed E-state index contributed by atoms with van der Waals surface area (Å²) in [6.07, 6.45) is 6.39. The number of benzene rings is 1. The number of hydrogen-bond acceptors (Lipinski definition) is 0. The maximum absolute atomic E-state index is 2.30. The monoisotopic (exact) mass is 181 g/mol. The Kier molecular flexibility index (Phi) is 0.932. The van der Waals surface area contributed by atoms with E-state index in [1.165, 1.54) is 22.0 Å². The lowest BCUT2D eigenvalue weighted by Gasteiger charge is -1.95. The van der Waals surface area contributed by atoms with Crippen molar-refractivity contribution in [3.05, 3.63) is 48.4 Å². The molecule has 3 aromatic rings. The topological polar surface area (TPSA) is 8.29 Å². The third kappa shape index (κ3) is 0.587. The van der Waals surface area contributed by atoms with Crippen molar-refractivity contribution in [1.82, 2.24) is 4.40 Å². The number of imidazole rings is 1. The summed E-state index contributed by atoms with van der Waals surface area (Å²) in [5.41, 5.74) is 2.77. The molecule has 1 aliphatic heterocycles. The van der Waals surface area contributed by atoms with Gasteiger partial charge in [-0.15, -0.1) is 0 Å². The van der Waals surface area contributed by atoms with Crippen LogP contribution in [0, 0.1) is 0 Å². The van der Waals surface area contributed by atoms with Crippen molar-refractivity contribution in [2.45, 2.75) is 6.54 Å². The van der Waals surface area contributed by atoms with Crippen molar-refractivity contribution in [3.8, 4) is 0 Å². The van der Waals surface area contributed by atoms with Gasteiger partial charge in [-0.2, -0.15) is 0 Å². The Morgan fingerprint density at radius 1 is 1.14 bits per heavy atom. The summed E-state index contributed by atoms with van der Waals surface area (Å²) < 4.78 is 4.50. The molecule has 0 bridgehead atoms. The highest BCUT2D eigenvalue weighted by atomic mass is 15.1. The molecule has 66 valence electrons. The van der Waals surface area contributed by atoms with Crippen molar-refractivity contribution in [3.63, 3.8) is 0 Å². The molecule has 4 rings (SSSR count). The second-order valence-electron chi connectivity index (χ2n) is 3.85. The molecule has 0 atom stereocenters. The summed E-state index contributed by atoms with van der Waals surface area (Å²) in [6.45, 7) is 1.02. The number of aromatic nitrogens is 2. The van der Waals surface area contributed by atoms with E-state index in [4.69, 9.17) is 0 Å². The summed E-state index contributed by atoms with van der Waals surface area (Å²) in [6, 6.07) is 8.72. The van der Waals surface area contributed by atoms with Crippen LogP contribution >= 0.6 is 0 Å². The average Bonchev–Trinajstić information content (AvgIpc) is 2.75. The third-order valence-corrected chi connectivity index (χ3v) is 3.09. The number of hydrogen-bond donors (Lipinski definition) is 0. The van der Waals surface area contributed by atoms with Crippen LogP contribution in [0.5, 0.6) is 0 Å². The largest absolute Gasteiger partial charge is 0.294 e. The normalized spacial score (nSPS) is 13.4. The Balaban J connectivity index is 2.46. The van der Waals surface area contributed by atoms with E-state index in [0.29, 0.717) is 0 Å². The summed E-state index contributed by atoms with van der Waals surface area (Å²) in [5, 5.41) is 2.76. The Bertz CT molecular complexity index is 664. The molecule has 0 radical (unpaired) electrons. The second-order valence-corrected chi connectivity index (χ2v) is 3.85. The lowest BCUT2D eigenvalue weighted by molar-refractivity contribution is -0.657. The van der Waals surface area contributed by atoms with Gasteiger partial charge in [-0.3, -0.25) is 0 Å². The highest BCUT2D eigenvalue weighted by Gasteiger charge is 2.23. The van der Waals surface area contributed by atoms with E-state index in [1.54, 1.807) is 0 Å². The molecule has 0 aliphatic carbocycles. The molecule has 2 aromatic heterocycles. The molecule has 0 fully saturated rings. The zero-order chi connectivity index (χ0) is 9.12. The first kappa shape index (κ1) is 6.60. The predicted octanol–water partition coefficient (Wildman–Crippen LogP) is 1.74. The lowest BCUT2D eigenvalue weighted by atomic mass is 10.1. The minimum absolute atomic E-state index is 1.02. The van der Waals surface area contributed by atoms with Crippen LogP contribution in [-0.2, 0) is 6.54 Å². The van der Waals surface area contributed by atoms with Gasteiger partial charge in [0.2, 0.25) is 0 Å². The van der Waals surface area contributed by atoms with Crippen LogP contribution in [0.15, 0.2) is 42.9 Å². The zero-order valence-corrected chi connectivity index (χ0v) is 7.64. The molecule has 2 heteroatoms. The predicted molar refractivity (Wildman–Crippen MR) is 54.2 cm³/mol. The minimum Gasteiger partial charge on any atom is -0.225 e.